The molecule has 1 aliphatic rings. The van der Waals surface area contributed by atoms with Crippen molar-refractivity contribution in [1.29, 1.82) is 0 Å². The van der Waals surface area contributed by atoms with Gasteiger partial charge in [-0.15, -0.1) is 0 Å². The van der Waals surface area contributed by atoms with Crippen molar-refractivity contribution in [2.45, 2.75) is 6.10 Å². The monoisotopic (exact) mass is 297 g/mol. The average molecular weight is 297 g/mol. The predicted molar refractivity (Wildman–Crippen MR) is 80.8 cm³/mol. The molecule has 0 aliphatic carbocycles. The Kier molecular flexibility index (Phi) is 3.74. The Morgan fingerprint density at radius 3 is 2.73 bits per heavy atom. The number of carbonyl (C=O) groups excluding carboxylic acids is 2. The lowest BCUT2D eigenvalue weighted by Crippen LogP contribution is -2.50. The summed E-state index contributed by atoms with van der Waals surface area (Å²) in [5, 5.41) is 2.55. The number of fused-ring (bicyclic) bond motifs is 1. The number of hydrogen-bond acceptors (Lipinski definition) is 4. The van der Waals surface area contributed by atoms with Gasteiger partial charge in [-0.2, -0.15) is 0 Å². The second-order valence-corrected chi connectivity index (χ2v) is 4.82. The van der Waals surface area contributed by atoms with Crippen molar-refractivity contribution in [2.75, 3.05) is 18.5 Å². The van der Waals surface area contributed by atoms with Crippen LogP contribution >= 0.6 is 0 Å². The molecule has 1 N–H and O–H groups in total. The molecule has 1 atom stereocenters. The van der Waals surface area contributed by atoms with Crippen LogP contribution in [-0.4, -0.2) is 36.5 Å². The summed E-state index contributed by atoms with van der Waals surface area (Å²) in [5.74, 6) is -0.0230. The van der Waals surface area contributed by atoms with E-state index in [4.69, 9.17) is 4.74 Å². The van der Waals surface area contributed by atoms with E-state index >= 15 is 0 Å². The Hall–Kier alpha value is -2.89. The zero-order chi connectivity index (χ0) is 15.5. The Morgan fingerprint density at radius 1 is 1.23 bits per heavy atom. The van der Waals surface area contributed by atoms with Crippen molar-refractivity contribution in [2.24, 2.45) is 0 Å². The maximum absolute atomic E-state index is 12.7. The van der Waals surface area contributed by atoms with Crippen molar-refractivity contribution in [3.05, 3.63) is 54.4 Å². The van der Waals surface area contributed by atoms with Crippen LogP contribution in [0.4, 0.5) is 5.69 Å². The molecule has 0 bridgehead atoms. The zero-order valence-electron chi connectivity index (χ0n) is 12.0. The Bertz CT molecular complexity index is 703. The minimum absolute atomic E-state index is 0.145. The number of aromatic nitrogens is 1. The van der Waals surface area contributed by atoms with Gasteiger partial charge < -0.3 is 10.1 Å². The van der Waals surface area contributed by atoms with Crippen LogP contribution in [0.5, 0.6) is 5.75 Å². The van der Waals surface area contributed by atoms with E-state index in [0.29, 0.717) is 17.1 Å². The normalized spacial score (nSPS) is 16.4. The van der Waals surface area contributed by atoms with Gasteiger partial charge in [0.15, 0.2) is 6.10 Å². The van der Waals surface area contributed by atoms with E-state index in [1.165, 1.54) is 11.9 Å². The smallest absolute Gasteiger partial charge is 0.277 e. The third kappa shape index (κ3) is 2.50. The highest BCUT2D eigenvalue weighted by molar-refractivity contribution is 6.06. The molecule has 0 spiro atoms. The second kappa shape index (κ2) is 5.85. The van der Waals surface area contributed by atoms with Crippen LogP contribution in [0.25, 0.3) is 0 Å². The van der Waals surface area contributed by atoms with Crippen LogP contribution in [0.2, 0.25) is 0 Å². The first-order valence-corrected chi connectivity index (χ1v) is 6.91. The van der Waals surface area contributed by atoms with Crippen LogP contribution in [0.1, 0.15) is 10.5 Å². The van der Waals surface area contributed by atoms with Gasteiger partial charge >= 0.3 is 0 Å². The molecule has 3 rings (SSSR count). The van der Waals surface area contributed by atoms with Gasteiger partial charge in [-0.3, -0.25) is 19.5 Å². The van der Waals surface area contributed by atoms with E-state index < -0.39 is 6.10 Å². The molecule has 2 aromatic rings. The third-order valence-electron chi connectivity index (χ3n) is 3.44. The zero-order valence-corrected chi connectivity index (χ0v) is 12.0. The highest BCUT2D eigenvalue weighted by atomic mass is 16.5. The molecule has 2 heterocycles. The van der Waals surface area contributed by atoms with Gasteiger partial charge in [-0.1, -0.05) is 18.2 Å². The molecule has 2 amide bonds. The lowest BCUT2D eigenvalue weighted by Gasteiger charge is -2.33. The van der Waals surface area contributed by atoms with E-state index in [2.05, 4.69) is 10.3 Å². The predicted octanol–water partition coefficient (Wildman–Crippen LogP) is 1.24. The first-order chi connectivity index (χ1) is 10.7. The average Bonchev–Trinajstić information content (AvgIpc) is 2.60. The first-order valence-electron chi connectivity index (χ1n) is 6.91. The van der Waals surface area contributed by atoms with Crippen LogP contribution < -0.4 is 15.0 Å². The first kappa shape index (κ1) is 14.1. The lowest BCUT2D eigenvalue weighted by atomic mass is 10.1. The highest BCUT2D eigenvalue weighted by Crippen LogP contribution is 2.33. The van der Waals surface area contributed by atoms with Crippen molar-refractivity contribution in [1.82, 2.24) is 10.3 Å². The van der Waals surface area contributed by atoms with E-state index in [1.807, 2.05) is 6.07 Å². The van der Waals surface area contributed by atoms with Gasteiger partial charge in [-0.05, 0) is 24.3 Å². The maximum Gasteiger partial charge on any atom is 0.277 e. The van der Waals surface area contributed by atoms with Crippen LogP contribution in [0.15, 0.2) is 48.7 Å². The van der Waals surface area contributed by atoms with E-state index in [0.717, 1.165) is 0 Å². The van der Waals surface area contributed by atoms with Crippen LogP contribution in [0, 0.1) is 0 Å². The molecule has 1 aliphatic heterocycles. The van der Waals surface area contributed by atoms with Gasteiger partial charge in [0.2, 0.25) is 0 Å². The van der Waals surface area contributed by atoms with Crippen molar-refractivity contribution >= 4 is 17.5 Å². The summed E-state index contributed by atoms with van der Waals surface area (Å²) in [4.78, 5) is 30.2. The molecule has 0 unspecified atom stereocenters. The SMILES string of the molecule is CNC(=O)[C@H]1CN(C(=O)c2ccccn2)c2ccccc2O1. The number of carbonyl (C=O) groups is 2. The Morgan fingerprint density at radius 2 is 2.00 bits per heavy atom. The molecule has 6 nitrogen and oxygen atoms in total. The van der Waals surface area contributed by atoms with Crippen molar-refractivity contribution < 1.29 is 14.3 Å². The Balaban J connectivity index is 1.98. The number of pyridine rings is 1. The minimum atomic E-state index is -0.743. The molecule has 0 saturated carbocycles. The summed E-state index contributed by atoms with van der Waals surface area (Å²) in [7, 11) is 1.54. The maximum atomic E-state index is 12.7. The molecule has 112 valence electrons. The van der Waals surface area contributed by atoms with Crippen molar-refractivity contribution in [3.63, 3.8) is 0 Å². The van der Waals surface area contributed by atoms with Crippen LogP contribution in [-0.2, 0) is 4.79 Å². The minimum Gasteiger partial charge on any atom is -0.477 e. The highest BCUT2D eigenvalue weighted by Gasteiger charge is 2.34. The fraction of sp³-hybridized carbons (Fsp3) is 0.188. The summed E-state index contributed by atoms with van der Waals surface area (Å²) < 4.78 is 5.67. The summed E-state index contributed by atoms with van der Waals surface area (Å²) in [6.45, 7) is 0.145. The third-order valence-corrected chi connectivity index (χ3v) is 3.44. The second-order valence-electron chi connectivity index (χ2n) is 4.82. The molecule has 0 fully saturated rings. The fourth-order valence-corrected chi connectivity index (χ4v) is 2.35. The van der Waals surface area contributed by atoms with Gasteiger partial charge in [0.25, 0.3) is 11.8 Å². The molecular formula is C16H15N3O3. The van der Waals surface area contributed by atoms with E-state index in [9.17, 15) is 9.59 Å². The number of benzene rings is 1. The number of hydrogen-bond donors (Lipinski definition) is 1. The number of likely N-dealkylation sites (N-methyl/N-ethyl adjacent to an activating group) is 1. The van der Waals surface area contributed by atoms with E-state index in [-0.39, 0.29) is 18.4 Å². The van der Waals surface area contributed by atoms with E-state index in [1.54, 1.807) is 42.6 Å². The molecule has 0 radical (unpaired) electrons. The van der Waals surface area contributed by atoms with Gasteiger partial charge in [0.05, 0.1) is 12.2 Å². The number of anilines is 1. The summed E-state index contributed by atoms with van der Waals surface area (Å²) in [6.07, 6.45) is 0.822. The fourth-order valence-electron chi connectivity index (χ4n) is 2.35. The number of rotatable bonds is 2. The number of nitrogens with one attached hydrogen (secondary N) is 1. The summed E-state index contributed by atoms with van der Waals surface area (Å²) >= 11 is 0. The molecule has 6 heteroatoms. The Labute approximate surface area is 127 Å². The van der Waals surface area contributed by atoms with Gasteiger partial charge in [-0.25, -0.2) is 0 Å². The molecular weight excluding hydrogens is 282 g/mol. The number of amides is 2. The molecule has 1 aromatic heterocycles. The molecule has 1 aromatic carbocycles. The van der Waals surface area contributed by atoms with Gasteiger partial charge in [0, 0.05) is 13.2 Å². The van der Waals surface area contributed by atoms with Gasteiger partial charge in [0.1, 0.15) is 11.4 Å². The molecule has 22 heavy (non-hydrogen) atoms. The molecule has 0 saturated heterocycles. The summed E-state index contributed by atoms with van der Waals surface area (Å²) in [6, 6.07) is 12.3. The topological polar surface area (TPSA) is 71.5 Å². The standard InChI is InChI=1S/C16H15N3O3/c1-17-15(20)14-10-19(12-7-2-3-8-13(12)22-14)16(21)11-6-4-5-9-18-11/h2-9,14H,10H2,1H3,(H,17,20)/t14-/m1/s1. The number of ether oxygens (including phenoxy) is 1. The largest absolute Gasteiger partial charge is 0.477 e. The van der Waals surface area contributed by atoms with Crippen molar-refractivity contribution in [3.8, 4) is 5.75 Å². The summed E-state index contributed by atoms with van der Waals surface area (Å²) in [5.41, 5.74) is 0.966. The quantitative estimate of drug-likeness (QED) is 0.905. The lowest BCUT2D eigenvalue weighted by molar-refractivity contribution is -0.127. The number of para-hydroxylation sites is 2. The number of nitrogens with zero attached hydrogens (tertiary/aromatic N) is 2. The van der Waals surface area contributed by atoms with Crippen LogP contribution in [0.3, 0.4) is 0 Å².